The molecule has 0 unspecified atom stereocenters. The average Bonchev–Trinajstić information content (AvgIpc) is 2.73. The molecule has 1 aromatic heterocycles. The molecule has 1 N–H and O–H groups in total. The van der Waals surface area contributed by atoms with E-state index in [1.54, 1.807) is 0 Å². The van der Waals surface area contributed by atoms with Crippen molar-refractivity contribution in [1.82, 2.24) is 15.1 Å². The molecular formula is C17H25N3. The van der Waals surface area contributed by atoms with Crippen molar-refractivity contribution >= 4 is 0 Å². The predicted molar refractivity (Wildman–Crippen MR) is 84.0 cm³/mol. The Morgan fingerprint density at radius 1 is 1.15 bits per heavy atom. The third kappa shape index (κ3) is 3.28. The molecule has 0 saturated carbocycles. The molecule has 0 aliphatic carbocycles. The van der Waals surface area contributed by atoms with E-state index in [9.17, 15) is 0 Å². The summed E-state index contributed by atoms with van der Waals surface area (Å²) in [5.41, 5.74) is 6.58. The van der Waals surface area contributed by atoms with E-state index < -0.39 is 0 Å². The molecule has 0 aliphatic rings. The Balaban J connectivity index is 2.18. The first-order valence-corrected chi connectivity index (χ1v) is 7.28. The van der Waals surface area contributed by atoms with Crippen LogP contribution in [0.3, 0.4) is 0 Å². The van der Waals surface area contributed by atoms with Crippen molar-refractivity contribution in [2.24, 2.45) is 0 Å². The minimum Gasteiger partial charge on any atom is -0.310 e. The molecule has 3 nitrogen and oxygen atoms in total. The van der Waals surface area contributed by atoms with Crippen LogP contribution in [0, 0.1) is 20.8 Å². The molecule has 0 bridgehead atoms. The first kappa shape index (κ1) is 14.8. The van der Waals surface area contributed by atoms with Crippen LogP contribution in [0.25, 0.3) is 0 Å². The van der Waals surface area contributed by atoms with Gasteiger partial charge in [0.15, 0.2) is 0 Å². The second-order valence-electron chi connectivity index (χ2n) is 5.82. The van der Waals surface area contributed by atoms with E-state index in [4.69, 9.17) is 0 Å². The minimum absolute atomic E-state index is 0.497. The molecule has 0 radical (unpaired) electrons. The van der Waals surface area contributed by atoms with Crippen molar-refractivity contribution in [2.45, 2.75) is 53.8 Å². The van der Waals surface area contributed by atoms with E-state index in [0.29, 0.717) is 6.04 Å². The summed E-state index contributed by atoms with van der Waals surface area (Å²) in [5.74, 6) is 0. The highest BCUT2D eigenvalue weighted by Gasteiger charge is 2.09. The highest BCUT2D eigenvalue weighted by atomic mass is 15.3. The van der Waals surface area contributed by atoms with Crippen molar-refractivity contribution in [3.05, 3.63) is 52.3 Å². The monoisotopic (exact) mass is 271 g/mol. The van der Waals surface area contributed by atoms with Crippen LogP contribution < -0.4 is 5.32 Å². The molecule has 2 aromatic rings. The molecule has 20 heavy (non-hydrogen) atoms. The first-order chi connectivity index (χ1) is 9.49. The van der Waals surface area contributed by atoms with E-state index in [-0.39, 0.29) is 0 Å². The van der Waals surface area contributed by atoms with Crippen molar-refractivity contribution < 1.29 is 0 Å². The van der Waals surface area contributed by atoms with E-state index in [1.807, 2.05) is 6.20 Å². The fourth-order valence-electron chi connectivity index (χ4n) is 2.38. The quantitative estimate of drug-likeness (QED) is 0.903. The van der Waals surface area contributed by atoms with Crippen molar-refractivity contribution in [2.75, 3.05) is 0 Å². The fourth-order valence-corrected chi connectivity index (χ4v) is 2.38. The Labute approximate surface area is 122 Å². The fraction of sp³-hybridized carbons (Fsp3) is 0.471. The van der Waals surface area contributed by atoms with Gasteiger partial charge in [-0.2, -0.15) is 5.10 Å². The van der Waals surface area contributed by atoms with Gasteiger partial charge in [0.2, 0.25) is 0 Å². The van der Waals surface area contributed by atoms with Crippen LogP contribution in [0.15, 0.2) is 24.4 Å². The van der Waals surface area contributed by atoms with Crippen LogP contribution in [0.5, 0.6) is 0 Å². The normalized spacial score (nSPS) is 11.3. The van der Waals surface area contributed by atoms with Gasteiger partial charge < -0.3 is 5.32 Å². The first-order valence-electron chi connectivity index (χ1n) is 7.28. The van der Waals surface area contributed by atoms with Crippen molar-refractivity contribution in [3.63, 3.8) is 0 Å². The maximum Gasteiger partial charge on any atom is 0.0667 e. The predicted octanol–water partition coefficient (Wildman–Crippen LogP) is 3.35. The topological polar surface area (TPSA) is 29.9 Å². The van der Waals surface area contributed by atoms with E-state index >= 15 is 0 Å². The summed E-state index contributed by atoms with van der Waals surface area (Å²) >= 11 is 0. The third-order valence-corrected chi connectivity index (χ3v) is 3.86. The average molecular weight is 271 g/mol. The lowest BCUT2D eigenvalue weighted by molar-refractivity contribution is 0.585. The zero-order valence-electron chi connectivity index (χ0n) is 13.2. The molecule has 3 heteroatoms. The lowest BCUT2D eigenvalue weighted by Crippen LogP contribution is -2.22. The van der Waals surface area contributed by atoms with Gasteiger partial charge in [0.1, 0.15) is 0 Å². The summed E-state index contributed by atoms with van der Waals surface area (Å²) in [4.78, 5) is 0. The zero-order chi connectivity index (χ0) is 14.7. The molecule has 0 amide bonds. The second-order valence-corrected chi connectivity index (χ2v) is 5.82. The summed E-state index contributed by atoms with van der Waals surface area (Å²) in [6, 6.07) is 6.95. The molecule has 2 rings (SSSR count). The lowest BCUT2D eigenvalue weighted by Gasteiger charge is -2.12. The van der Waals surface area contributed by atoms with E-state index in [2.05, 4.69) is 67.9 Å². The zero-order valence-corrected chi connectivity index (χ0v) is 13.2. The number of hydrogen-bond acceptors (Lipinski definition) is 2. The molecule has 0 spiro atoms. The summed E-state index contributed by atoms with van der Waals surface area (Å²) < 4.78 is 2.10. The van der Waals surface area contributed by atoms with Gasteiger partial charge in [-0.05, 0) is 37.5 Å². The van der Waals surface area contributed by atoms with Crippen LogP contribution in [-0.2, 0) is 13.1 Å². The van der Waals surface area contributed by atoms with Crippen LogP contribution in [0.2, 0.25) is 0 Å². The smallest absolute Gasteiger partial charge is 0.0667 e. The second kappa shape index (κ2) is 6.23. The van der Waals surface area contributed by atoms with Gasteiger partial charge in [-0.3, -0.25) is 4.68 Å². The molecular weight excluding hydrogens is 246 g/mol. The van der Waals surface area contributed by atoms with Gasteiger partial charge >= 0.3 is 0 Å². The third-order valence-electron chi connectivity index (χ3n) is 3.86. The Hall–Kier alpha value is -1.61. The lowest BCUT2D eigenvalue weighted by atomic mass is 10.0. The van der Waals surface area contributed by atoms with Crippen molar-refractivity contribution in [1.29, 1.82) is 0 Å². The highest BCUT2D eigenvalue weighted by Crippen LogP contribution is 2.16. The highest BCUT2D eigenvalue weighted by molar-refractivity contribution is 5.34. The van der Waals surface area contributed by atoms with Crippen LogP contribution in [0.1, 0.15) is 41.8 Å². The molecule has 0 atom stereocenters. The van der Waals surface area contributed by atoms with Gasteiger partial charge in [0.25, 0.3) is 0 Å². The summed E-state index contributed by atoms with van der Waals surface area (Å²) in [6.45, 7) is 12.6. The van der Waals surface area contributed by atoms with Crippen LogP contribution in [0.4, 0.5) is 0 Å². The molecule has 1 aromatic carbocycles. The number of benzene rings is 1. The van der Waals surface area contributed by atoms with Gasteiger partial charge in [0, 0.05) is 23.8 Å². The Kier molecular flexibility index (Phi) is 4.61. The Bertz CT molecular complexity index is 562. The van der Waals surface area contributed by atoms with E-state index in [0.717, 1.165) is 13.1 Å². The number of nitrogens with one attached hydrogen (secondary N) is 1. The number of nitrogens with zero attached hydrogens (tertiary/aromatic N) is 2. The van der Waals surface area contributed by atoms with Crippen LogP contribution >= 0.6 is 0 Å². The van der Waals surface area contributed by atoms with Crippen molar-refractivity contribution in [3.8, 4) is 0 Å². The van der Waals surface area contributed by atoms with Gasteiger partial charge in [-0.1, -0.05) is 32.0 Å². The van der Waals surface area contributed by atoms with Gasteiger partial charge in [-0.25, -0.2) is 0 Å². The van der Waals surface area contributed by atoms with Gasteiger partial charge in [-0.15, -0.1) is 0 Å². The molecule has 0 aliphatic heterocycles. The molecule has 108 valence electrons. The number of rotatable bonds is 5. The SMILES string of the molecule is Cc1cccc(C)c1Cn1ncc(CNC(C)C)c1C. The maximum absolute atomic E-state index is 4.55. The molecule has 0 fully saturated rings. The Morgan fingerprint density at radius 3 is 2.40 bits per heavy atom. The Morgan fingerprint density at radius 2 is 1.80 bits per heavy atom. The summed E-state index contributed by atoms with van der Waals surface area (Å²) in [6.07, 6.45) is 1.98. The van der Waals surface area contributed by atoms with Crippen LogP contribution in [-0.4, -0.2) is 15.8 Å². The van der Waals surface area contributed by atoms with Gasteiger partial charge in [0.05, 0.1) is 12.7 Å². The number of aryl methyl sites for hydroxylation is 2. The van der Waals surface area contributed by atoms with E-state index in [1.165, 1.54) is 27.9 Å². The number of aromatic nitrogens is 2. The number of hydrogen-bond donors (Lipinski definition) is 1. The largest absolute Gasteiger partial charge is 0.310 e. The maximum atomic E-state index is 4.55. The molecule has 1 heterocycles. The summed E-state index contributed by atoms with van der Waals surface area (Å²) in [5, 5.41) is 8.00. The summed E-state index contributed by atoms with van der Waals surface area (Å²) in [7, 11) is 0. The molecule has 0 saturated heterocycles. The standard InChI is InChI=1S/C17H25N3/c1-12(2)18-9-16-10-19-20(15(16)5)11-17-13(3)7-6-8-14(17)4/h6-8,10,12,18H,9,11H2,1-5H3. The minimum atomic E-state index is 0.497.